The summed E-state index contributed by atoms with van der Waals surface area (Å²) in [4.78, 5) is 11.0. The normalized spacial score (nSPS) is 11.5. The maximum Gasteiger partial charge on any atom is 0.309 e. The summed E-state index contributed by atoms with van der Waals surface area (Å²) in [6.45, 7) is 5.49. The summed E-state index contributed by atoms with van der Waals surface area (Å²) >= 11 is 3.39. The van der Waals surface area contributed by atoms with Crippen LogP contribution in [0.15, 0.2) is 22.7 Å². The minimum atomic E-state index is -0.762. The van der Waals surface area contributed by atoms with Crippen LogP contribution in [0.3, 0.4) is 0 Å². The van der Waals surface area contributed by atoms with Crippen LogP contribution >= 0.6 is 15.9 Å². The topological polar surface area (TPSA) is 37.3 Å². The molecule has 0 aliphatic carbocycles. The van der Waals surface area contributed by atoms with E-state index in [0.717, 1.165) is 15.6 Å². The molecule has 0 amide bonds. The molecular formula is C12H15BrO2. The predicted octanol–water partition coefficient (Wildman–Crippen LogP) is 3.41. The fraction of sp³-hybridized carbons (Fsp3) is 0.417. The van der Waals surface area contributed by atoms with Crippen LogP contribution in [0.4, 0.5) is 0 Å². The van der Waals surface area contributed by atoms with Crippen LogP contribution in [0.1, 0.15) is 25.0 Å². The number of hydrogen-bond acceptors (Lipinski definition) is 1. The monoisotopic (exact) mass is 270 g/mol. The second kappa shape index (κ2) is 4.35. The Morgan fingerprint density at radius 1 is 1.47 bits per heavy atom. The Labute approximate surface area is 98.4 Å². The Hall–Kier alpha value is -0.830. The van der Waals surface area contributed by atoms with Crippen LogP contribution in [0.2, 0.25) is 0 Å². The second-order valence-corrected chi connectivity index (χ2v) is 5.35. The molecule has 3 heteroatoms. The number of hydrogen-bond donors (Lipinski definition) is 1. The van der Waals surface area contributed by atoms with Gasteiger partial charge in [-0.3, -0.25) is 4.79 Å². The summed E-state index contributed by atoms with van der Waals surface area (Å²) in [7, 11) is 0. The van der Waals surface area contributed by atoms with Crippen molar-refractivity contribution in [3.63, 3.8) is 0 Å². The van der Waals surface area contributed by atoms with Crippen molar-refractivity contribution in [2.75, 3.05) is 0 Å². The number of carboxylic acids is 1. The van der Waals surface area contributed by atoms with Crippen molar-refractivity contribution in [3.8, 4) is 0 Å². The van der Waals surface area contributed by atoms with Crippen molar-refractivity contribution < 1.29 is 9.90 Å². The number of halogens is 1. The fourth-order valence-electron chi connectivity index (χ4n) is 1.38. The number of carbonyl (C=O) groups is 1. The highest BCUT2D eigenvalue weighted by Crippen LogP contribution is 2.26. The number of rotatable bonds is 3. The second-order valence-electron chi connectivity index (χ2n) is 4.44. The zero-order valence-corrected chi connectivity index (χ0v) is 10.8. The summed E-state index contributed by atoms with van der Waals surface area (Å²) in [6, 6.07) is 5.95. The molecule has 0 fully saturated rings. The molecule has 1 aromatic rings. The van der Waals surface area contributed by atoms with Gasteiger partial charge >= 0.3 is 5.97 Å². The molecule has 0 saturated carbocycles. The van der Waals surface area contributed by atoms with Gasteiger partial charge in [0.15, 0.2) is 0 Å². The largest absolute Gasteiger partial charge is 0.481 e. The Bertz CT molecular complexity index is 383. The Morgan fingerprint density at radius 3 is 2.60 bits per heavy atom. The van der Waals surface area contributed by atoms with Gasteiger partial charge in [0.25, 0.3) is 0 Å². The molecule has 0 atom stereocenters. The molecular weight excluding hydrogens is 256 g/mol. The smallest absolute Gasteiger partial charge is 0.309 e. The quantitative estimate of drug-likeness (QED) is 0.914. The van der Waals surface area contributed by atoms with Crippen LogP contribution in [-0.2, 0) is 11.2 Å². The first-order valence-corrected chi connectivity index (χ1v) is 5.60. The van der Waals surface area contributed by atoms with Gasteiger partial charge < -0.3 is 5.11 Å². The molecule has 1 aromatic carbocycles. The van der Waals surface area contributed by atoms with E-state index in [-0.39, 0.29) is 0 Å². The molecule has 2 nitrogen and oxygen atoms in total. The van der Waals surface area contributed by atoms with Crippen molar-refractivity contribution in [2.24, 2.45) is 5.41 Å². The fourth-order valence-corrected chi connectivity index (χ4v) is 1.79. The Balaban J connectivity index is 2.99. The maximum absolute atomic E-state index is 11.0. The van der Waals surface area contributed by atoms with Crippen LogP contribution in [0.5, 0.6) is 0 Å². The summed E-state index contributed by atoms with van der Waals surface area (Å²) < 4.78 is 0.990. The van der Waals surface area contributed by atoms with Crippen molar-refractivity contribution in [1.29, 1.82) is 0 Å². The summed E-state index contributed by atoms with van der Waals surface area (Å²) in [6.07, 6.45) is 0.549. The van der Waals surface area contributed by atoms with Crippen molar-refractivity contribution >= 4 is 21.9 Å². The van der Waals surface area contributed by atoms with Crippen molar-refractivity contribution in [2.45, 2.75) is 27.2 Å². The van der Waals surface area contributed by atoms with Gasteiger partial charge in [-0.2, -0.15) is 0 Å². The van der Waals surface area contributed by atoms with Gasteiger partial charge in [0, 0.05) is 4.47 Å². The molecule has 1 N–H and O–H groups in total. The molecule has 0 heterocycles. The highest BCUT2D eigenvalue weighted by Gasteiger charge is 2.27. The summed E-state index contributed by atoms with van der Waals surface area (Å²) in [5.41, 5.74) is 1.50. The molecule has 0 aliphatic heterocycles. The minimum absolute atomic E-state index is 0.549. The number of aliphatic carboxylic acids is 1. The van der Waals surface area contributed by atoms with Crippen LogP contribution in [0.25, 0.3) is 0 Å². The molecule has 15 heavy (non-hydrogen) atoms. The number of aryl methyl sites for hydroxylation is 1. The molecule has 1 rings (SSSR count). The first-order chi connectivity index (χ1) is 6.83. The maximum atomic E-state index is 11.0. The van der Waals surface area contributed by atoms with E-state index >= 15 is 0 Å². The van der Waals surface area contributed by atoms with Crippen LogP contribution in [0, 0.1) is 12.3 Å². The lowest BCUT2D eigenvalue weighted by Crippen LogP contribution is -2.26. The lowest BCUT2D eigenvalue weighted by molar-refractivity contribution is -0.146. The zero-order chi connectivity index (χ0) is 11.6. The third-order valence-electron chi connectivity index (χ3n) is 2.52. The minimum Gasteiger partial charge on any atom is -0.481 e. The molecule has 0 spiro atoms. The molecule has 0 bridgehead atoms. The standard InChI is InChI=1S/C12H15BrO2/c1-8-4-5-10(13)6-9(8)7-12(2,3)11(14)15/h4-6H,7H2,1-3H3,(H,14,15). The van der Waals surface area contributed by atoms with E-state index < -0.39 is 11.4 Å². The van der Waals surface area contributed by atoms with Gasteiger partial charge in [-0.1, -0.05) is 22.0 Å². The van der Waals surface area contributed by atoms with E-state index in [1.165, 1.54) is 0 Å². The van der Waals surface area contributed by atoms with E-state index in [2.05, 4.69) is 15.9 Å². The molecule has 0 aromatic heterocycles. The number of benzene rings is 1. The van der Waals surface area contributed by atoms with Crippen LogP contribution < -0.4 is 0 Å². The van der Waals surface area contributed by atoms with E-state index in [1.807, 2.05) is 25.1 Å². The van der Waals surface area contributed by atoms with Gasteiger partial charge in [-0.05, 0) is 50.5 Å². The van der Waals surface area contributed by atoms with E-state index in [9.17, 15) is 4.79 Å². The molecule has 82 valence electrons. The predicted molar refractivity (Wildman–Crippen MR) is 64.0 cm³/mol. The molecule has 0 unspecified atom stereocenters. The lowest BCUT2D eigenvalue weighted by atomic mass is 9.84. The lowest BCUT2D eigenvalue weighted by Gasteiger charge is -2.20. The van der Waals surface area contributed by atoms with Gasteiger partial charge in [0.05, 0.1) is 5.41 Å². The zero-order valence-electron chi connectivity index (χ0n) is 9.17. The van der Waals surface area contributed by atoms with Gasteiger partial charge in [0.1, 0.15) is 0 Å². The highest BCUT2D eigenvalue weighted by atomic mass is 79.9. The van der Waals surface area contributed by atoms with Crippen molar-refractivity contribution in [3.05, 3.63) is 33.8 Å². The third kappa shape index (κ3) is 3.06. The van der Waals surface area contributed by atoms with Gasteiger partial charge in [0.2, 0.25) is 0 Å². The average Bonchev–Trinajstić information content (AvgIpc) is 2.10. The summed E-state index contributed by atoms with van der Waals surface area (Å²) in [5, 5.41) is 9.05. The van der Waals surface area contributed by atoms with E-state index in [1.54, 1.807) is 13.8 Å². The number of carboxylic acid groups (broad SMARTS) is 1. The van der Waals surface area contributed by atoms with Gasteiger partial charge in [-0.15, -0.1) is 0 Å². The summed E-state index contributed by atoms with van der Waals surface area (Å²) in [5.74, 6) is -0.762. The molecule has 0 saturated heterocycles. The molecule has 0 radical (unpaired) electrons. The first-order valence-electron chi connectivity index (χ1n) is 4.81. The van der Waals surface area contributed by atoms with E-state index in [0.29, 0.717) is 6.42 Å². The van der Waals surface area contributed by atoms with Crippen molar-refractivity contribution in [1.82, 2.24) is 0 Å². The Kier molecular flexibility index (Phi) is 3.55. The molecule has 0 aliphatic rings. The van der Waals surface area contributed by atoms with Crippen LogP contribution in [-0.4, -0.2) is 11.1 Å². The highest BCUT2D eigenvalue weighted by molar-refractivity contribution is 9.10. The van der Waals surface area contributed by atoms with Gasteiger partial charge in [-0.25, -0.2) is 0 Å². The van der Waals surface area contributed by atoms with E-state index in [4.69, 9.17) is 5.11 Å². The average molecular weight is 271 g/mol. The SMILES string of the molecule is Cc1ccc(Br)cc1CC(C)(C)C(=O)O. The Morgan fingerprint density at radius 2 is 2.07 bits per heavy atom. The first kappa shape index (κ1) is 12.2. The third-order valence-corrected chi connectivity index (χ3v) is 3.02.